The number of para-hydroxylation sites is 1. The highest BCUT2D eigenvalue weighted by atomic mass is 16.5. The van der Waals surface area contributed by atoms with Gasteiger partial charge in [-0.05, 0) is 50.2 Å². The van der Waals surface area contributed by atoms with Gasteiger partial charge in [-0.15, -0.1) is 0 Å². The molecule has 2 N–H and O–H groups in total. The van der Waals surface area contributed by atoms with Gasteiger partial charge in [-0.3, -0.25) is 4.79 Å². The molecule has 1 aliphatic carbocycles. The summed E-state index contributed by atoms with van der Waals surface area (Å²) in [5.74, 6) is 0.00718. The molecule has 1 heterocycles. The summed E-state index contributed by atoms with van der Waals surface area (Å²) in [6, 6.07) is 6.04. The minimum atomic E-state index is 0.00718. The molecule has 0 saturated carbocycles. The van der Waals surface area contributed by atoms with Gasteiger partial charge in [0.05, 0.1) is 11.1 Å². The molecule has 4 heteroatoms. The van der Waals surface area contributed by atoms with Crippen LogP contribution in [0.1, 0.15) is 60.6 Å². The smallest absolute Gasteiger partial charge is 0.253 e. The van der Waals surface area contributed by atoms with Gasteiger partial charge < -0.3 is 15.0 Å². The number of ether oxygens (including phenoxy) is 1. The number of H-pyrrole nitrogens is 1. The minimum Gasteiger partial charge on any atom is -0.381 e. The summed E-state index contributed by atoms with van der Waals surface area (Å²) in [6.07, 6.45) is 7.81. The van der Waals surface area contributed by atoms with Crippen molar-refractivity contribution in [3.8, 4) is 0 Å². The summed E-state index contributed by atoms with van der Waals surface area (Å²) in [7, 11) is 0. The number of nitrogens with one attached hydrogen (secondary N) is 2. The van der Waals surface area contributed by atoms with E-state index >= 15 is 0 Å². The maximum absolute atomic E-state index is 12.5. The Balaban J connectivity index is 1.60. The second-order valence-electron chi connectivity index (χ2n) is 6.59. The molecular weight excluding hydrogens is 300 g/mol. The highest BCUT2D eigenvalue weighted by molar-refractivity contribution is 6.06. The SMILES string of the molecule is CCCCOCCCNC(=O)c1cccc2c3c([nH]c12)CCCC3. The monoisotopic (exact) mass is 328 g/mol. The summed E-state index contributed by atoms with van der Waals surface area (Å²) in [5, 5.41) is 4.25. The average Bonchev–Trinajstić information content (AvgIpc) is 2.99. The Morgan fingerprint density at radius 3 is 2.92 bits per heavy atom. The quantitative estimate of drug-likeness (QED) is 0.720. The van der Waals surface area contributed by atoms with Gasteiger partial charge in [-0.1, -0.05) is 25.5 Å². The molecule has 0 bridgehead atoms. The van der Waals surface area contributed by atoms with Crippen molar-refractivity contribution >= 4 is 16.8 Å². The summed E-state index contributed by atoms with van der Waals surface area (Å²) in [4.78, 5) is 16.0. The van der Waals surface area contributed by atoms with E-state index in [-0.39, 0.29) is 5.91 Å². The third-order valence-electron chi connectivity index (χ3n) is 4.77. The number of unbranched alkanes of at least 4 members (excludes halogenated alkanes) is 1. The molecule has 130 valence electrons. The number of hydrogen-bond donors (Lipinski definition) is 2. The van der Waals surface area contributed by atoms with Crippen molar-refractivity contribution in [2.24, 2.45) is 0 Å². The van der Waals surface area contributed by atoms with E-state index in [1.807, 2.05) is 12.1 Å². The highest BCUT2D eigenvalue weighted by Crippen LogP contribution is 2.30. The Labute approximate surface area is 144 Å². The first-order valence-electron chi connectivity index (χ1n) is 9.29. The molecular formula is C20H28N2O2. The molecule has 2 aromatic rings. The molecule has 1 aromatic carbocycles. The lowest BCUT2D eigenvalue weighted by Gasteiger charge is -2.10. The van der Waals surface area contributed by atoms with E-state index in [1.165, 1.54) is 29.5 Å². The van der Waals surface area contributed by atoms with Crippen LogP contribution in [0.2, 0.25) is 0 Å². The molecule has 0 spiro atoms. The fourth-order valence-corrected chi connectivity index (χ4v) is 3.44. The van der Waals surface area contributed by atoms with Crippen LogP contribution in [0, 0.1) is 0 Å². The van der Waals surface area contributed by atoms with Gasteiger partial charge in [0.25, 0.3) is 5.91 Å². The first-order chi connectivity index (χ1) is 11.8. The van der Waals surface area contributed by atoms with E-state index in [0.29, 0.717) is 13.2 Å². The van der Waals surface area contributed by atoms with E-state index in [2.05, 4.69) is 23.3 Å². The second kappa shape index (κ2) is 8.34. The number of aromatic nitrogens is 1. The van der Waals surface area contributed by atoms with Gasteiger partial charge in [0.1, 0.15) is 0 Å². The van der Waals surface area contributed by atoms with Crippen molar-refractivity contribution in [2.45, 2.75) is 51.9 Å². The van der Waals surface area contributed by atoms with Crippen LogP contribution in [0.25, 0.3) is 10.9 Å². The van der Waals surface area contributed by atoms with Crippen LogP contribution in [-0.2, 0) is 17.6 Å². The van der Waals surface area contributed by atoms with E-state index in [9.17, 15) is 4.79 Å². The van der Waals surface area contributed by atoms with Gasteiger partial charge in [-0.2, -0.15) is 0 Å². The van der Waals surface area contributed by atoms with Crippen LogP contribution in [0.3, 0.4) is 0 Å². The fourth-order valence-electron chi connectivity index (χ4n) is 3.44. The summed E-state index contributed by atoms with van der Waals surface area (Å²) in [5.41, 5.74) is 4.49. The second-order valence-corrected chi connectivity index (χ2v) is 6.59. The lowest BCUT2D eigenvalue weighted by Crippen LogP contribution is -2.25. The van der Waals surface area contributed by atoms with Crippen molar-refractivity contribution in [2.75, 3.05) is 19.8 Å². The van der Waals surface area contributed by atoms with Crippen molar-refractivity contribution in [1.29, 1.82) is 0 Å². The zero-order valence-electron chi connectivity index (χ0n) is 14.6. The maximum Gasteiger partial charge on any atom is 0.253 e. The molecule has 24 heavy (non-hydrogen) atoms. The molecule has 0 atom stereocenters. The zero-order chi connectivity index (χ0) is 16.8. The molecule has 0 radical (unpaired) electrons. The third-order valence-corrected chi connectivity index (χ3v) is 4.77. The number of benzene rings is 1. The summed E-state index contributed by atoms with van der Waals surface area (Å²) >= 11 is 0. The topological polar surface area (TPSA) is 54.1 Å². The number of carbonyl (C=O) groups is 1. The molecule has 3 rings (SSSR count). The third kappa shape index (κ3) is 3.81. The number of amides is 1. The first kappa shape index (κ1) is 17.0. The molecule has 0 saturated heterocycles. The van der Waals surface area contributed by atoms with Gasteiger partial charge in [0, 0.05) is 30.8 Å². The Kier molecular flexibility index (Phi) is 5.91. The molecule has 0 fully saturated rings. The van der Waals surface area contributed by atoms with Crippen molar-refractivity contribution in [1.82, 2.24) is 10.3 Å². The van der Waals surface area contributed by atoms with E-state index in [1.54, 1.807) is 0 Å². The number of carbonyl (C=O) groups excluding carboxylic acids is 1. The lowest BCUT2D eigenvalue weighted by atomic mass is 9.95. The van der Waals surface area contributed by atoms with Gasteiger partial charge >= 0.3 is 0 Å². The molecule has 0 aliphatic heterocycles. The number of rotatable bonds is 8. The predicted octanol–water partition coefficient (Wildman–Crippen LogP) is 3.98. The van der Waals surface area contributed by atoms with Crippen LogP contribution in [-0.4, -0.2) is 30.6 Å². The average molecular weight is 328 g/mol. The Morgan fingerprint density at radius 1 is 1.21 bits per heavy atom. The van der Waals surface area contributed by atoms with Crippen LogP contribution in [0.5, 0.6) is 0 Å². The van der Waals surface area contributed by atoms with Crippen LogP contribution < -0.4 is 5.32 Å². The normalized spacial score (nSPS) is 13.9. The number of hydrogen-bond acceptors (Lipinski definition) is 2. The first-order valence-corrected chi connectivity index (χ1v) is 9.29. The molecule has 1 amide bonds. The van der Waals surface area contributed by atoms with Crippen LogP contribution >= 0.6 is 0 Å². The van der Waals surface area contributed by atoms with Gasteiger partial charge in [0.15, 0.2) is 0 Å². The zero-order valence-corrected chi connectivity index (χ0v) is 14.6. The van der Waals surface area contributed by atoms with Crippen molar-refractivity contribution in [3.05, 3.63) is 35.0 Å². The number of aromatic amines is 1. The molecule has 1 aliphatic rings. The predicted molar refractivity (Wildman–Crippen MR) is 97.6 cm³/mol. The Hall–Kier alpha value is -1.81. The lowest BCUT2D eigenvalue weighted by molar-refractivity contribution is 0.0942. The van der Waals surface area contributed by atoms with Gasteiger partial charge in [0.2, 0.25) is 0 Å². The summed E-state index contributed by atoms with van der Waals surface area (Å²) < 4.78 is 5.53. The fraction of sp³-hybridized carbons (Fsp3) is 0.550. The van der Waals surface area contributed by atoms with E-state index in [0.717, 1.165) is 49.8 Å². The molecule has 4 nitrogen and oxygen atoms in total. The van der Waals surface area contributed by atoms with Crippen molar-refractivity contribution in [3.63, 3.8) is 0 Å². The van der Waals surface area contributed by atoms with E-state index < -0.39 is 0 Å². The van der Waals surface area contributed by atoms with Crippen LogP contribution in [0.15, 0.2) is 18.2 Å². The molecule has 0 unspecified atom stereocenters. The summed E-state index contributed by atoms with van der Waals surface area (Å²) in [6.45, 7) is 4.34. The molecule has 1 aromatic heterocycles. The van der Waals surface area contributed by atoms with Gasteiger partial charge in [-0.25, -0.2) is 0 Å². The van der Waals surface area contributed by atoms with Crippen LogP contribution in [0.4, 0.5) is 0 Å². The Morgan fingerprint density at radius 2 is 2.04 bits per heavy atom. The number of fused-ring (bicyclic) bond motifs is 3. The largest absolute Gasteiger partial charge is 0.381 e. The maximum atomic E-state index is 12.5. The highest BCUT2D eigenvalue weighted by Gasteiger charge is 2.18. The minimum absolute atomic E-state index is 0.00718. The van der Waals surface area contributed by atoms with Crippen molar-refractivity contribution < 1.29 is 9.53 Å². The van der Waals surface area contributed by atoms with E-state index in [4.69, 9.17) is 4.74 Å². The Bertz CT molecular complexity index is 690. The standard InChI is InChI=1S/C20H28N2O2/c1-2-3-13-24-14-7-12-21-20(23)17-10-6-9-16-15-8-4-5-11-18(15)22-19(16)17/h6,9-10,22H,2-5,7-8,11-14H2,1H3,(H,21,23). The number of aryl methyl sites for hydroxylation is 2.